The Morgan fingerprint density at radius 3 is 2.28 bits per heavy atom. The molecule has 3 saturated carbocycles. The minimum absolute atomic E-state index is 0.0964. The van der Waals surface area contributed by atoms with Crippen molar-refractivity contribution in [1.82, 2.24) is 9.97 Å². The summed E-state index contributed by atoms with van der Waals surface area (Å²) in [5.41, 5.74) is 4.75. The van der Waals surface area contributed by atoms with Gasteiger partial charge in [0, 0.05) is 41.2 Å². The fraction of sp³-hybridized carbons (Fsp3) is 0.543. The maximum Gasteiger partial charge on any atom is 0.308 e. The van der Waals surface area contributed by atoms with Gasteiger partial charge < -0.3 is 18.8 Å². The second-order valence-corrected chi connectivity index (χ2v) is 12.7. The van der Waals surface area contributed by atoms with Crippen LogP contribution in [0.3, 0.4) is 0 Å². The minimum Gasteiger partial charge on any atom is -0.495 e. The predicted octanol–water partition coefficient (Wildman–Crippen LogP) is 7.22. The number of esters is 1. The van der Waals surface area contributed by atoms with Gasteiger partial charge in [0.15, 0.2) is 5.89 Å². The van der Waals surface area contributed by atoms with Gasteiger partial charge in [0.05, 0.1) is 25.8 Å². The highest BCUT2D eigenvalue weighted by Crippen LogP contribution is 2.41. The fourth-order valence-electron chi connectivity index (χ4n) is 6.97. The van der Waals surface area contributed by atoms with E-state index in [1.165, 1.54) is 7.11 Å². The Balaban J connectivity index is 1.19. The number of pyridine rings is 1. The molecule has 0 atom stereocenters. The van der Waals surface area contributed by atoms with Crippen LogP contribution in [0.2, 0.25) is 0 Å². The van der Waals surface area contributed by atoms with Crippen molar-refractivity contribution in [2.45, 2.75) is 83.0 Å². The van der Waals surface area contributed by atoms with Crippen LogP contribution < -0.4 is 9.64 Å². The number of benzene rings is 1. The Labute approximate surface area is 254 Å². The molecule has 3 fully saturated rings. The molecule has 1 amide bonds. The molecule has 0 aliphatic heterocycles. The predicted molar refractivity (Wildman–Crippen MR) is 164 cm³/mol. The van der Waals surface area contributed by atoms with Crippen LogP contribution in [0.5, 0.6) is 5.75 Å². The molecule has 3 aromatic rings. The second-order valence-electron chi connectivity index (χ2n) is 12.7. The van der Waals surface area contributed by atoms with Gasteiger partial charge in [-0.05, 0) is 101 Å². The van der Waals surface area contributed by atoms with Crippen LogP contribution in [0.25, 0.3) is 11.3 Å². The molecule has 43 heavy (non-hydrogen) atoms. The van der Waals surface area contributed by atoms with Crippen LogP contribution in [0, 0.1) is 24.7 Å². The standard InChI is InChI=1S/C35H43N3O5/c1-22-32(41-2)18-17-30(36-22)24-9-7-23(8-10-24)20-38(34(39)26-13-15-27(16-14-26)35(40)42-3)29-6-4-5-28(19-29)31-21-43-33(37-31)25-11-12-25/h4-6,17-19,21,23-27H,7-16,20H2,1-3H3/t23-,24-,26-,27-. The molecule has 2 heterocycles. The SMILES string of the molecule is COc1ccc([C@H]2CC[C@H](CN(c3cccc(-c4coc(C5CC5)n4)c3)C(=O)[C@H]3CC[C@H](C(=O)OC)CC3)CC2)nc1C. The number of rotatable bonds is 9. The van der Waals surface area contributed by atoms with Crippen molar-refractivity contribution in [1.29, 1.82) is 0 Å². The lowest BCUT2D eigenvalue weighted by molar-refractivity contribution is -0.147. The molecule has 6 rings (SSSR count). The average molecular weight is 586 g/mol. The van der Waals surface area contributed by atoms with E-state index < -0.39 is 0 Å². The highest BCUT2D eigenvalue weighted by molar-refractivity contribution is 5.95. The minimum atomic E-state index is -0.160. The summed E-state index contributed by atoms with van der Waals surface area (Å²) in [7, 11) is 3.12. The van der Waals surface area contributed by atoms with Crippen molar-refractivity contribution >= 4 is 17.6 Å². The third-order valence-corrected chi connectivity index (χ3v) is 9.76. The van der Waals surface area contributed by atoms with E-state index in [-0.39, 0.29) is 23.7 Å². The highest BCUT2D eigenvalue weighted by atomic mass is 16.5. The number of carbonyl (C=O) groups is 2. The highest BCUT2D eigenvalue weighted by Gasteiger charge is 2.35. The van der Waals surface area contributed by atoms with E-state index in [0.29, 0.717) is 50.0 Å². The number of nitrogens with zero attached hydrogens (tertiary/aromatic N) is 3. The Bertz CT molecular complexity index is 1430. The van der Waals surface area contributed by atoms with E-state index in [0.717, 1.165) is 78.5 Å². The Hall–Kier alpha value is -3.68. The number of hydrogen-bond donors (Lipinski definition) is 0. The monoisotopic (exact) mass is 585 g/mol. The number of amides is 1. The summed E-state index contributed by atoms with van der Waals surface area (Å²) >= 11 is 0. The summed E-state index contributed by atoms with van der Waals surface area (Å²) in [5.74, 6) is 2.71. The van der Waals surface area contributed by atoms with Gasteiger partial charge in [-0.15, -0.1) is 0 Å². The maximum absolute atomic E-state index is 14.2. The first-order valence-corrected chi connectivity index (χ1v) is 15.9. The third-order valence-electron chi connectivity index (χ3n) is 9.76. The van der Waals surface area contributed by atoms with Gasteiger partial charge in [-0.3, -0.25) is 14.6 Å². The van der Waals surface area contributed by atoms with E-state index >= 15 is 0 Å². The van der Waals surface area contributed by atoms with Gasteiger partial charge in [0.1, 0.15) is 17.7 Å². The molecular weight excluding hydrogens is 542 g/mol. The van der Waals surface area contributed by atoms with E-state index in [2.05, 4.69) is 12.1 Å². The number of oxazole rings is 1. The van der Waals surface area contributed by atoms with Crippen molar-refractivity contribution < 1.29 is 23.5 Å². The molecular formula is C35H43N3O5. The summed E-state index contributed by atoms with van der Waals surface area (Å²) in [6.07, 6.45) is 11.0. The van der Waals surface area contributed by atoms with E-state index in [4.69, 9.17) is 23.9 Å². The number of aryl methyl sites for hydroxylation is 1. The van der Waals surface area contributed by atoms with Crippen molar-refractivity contribution in [3.05, 3.63) is 59.9 Å². The molecule has 8 nitrogen and oxygen atoms in total. The summed E-state index contributed by atoms with van der Waals surface area (Å²) < 4.78 is 16.2. The lowest BCUT2D eigenvalue weighted by atomic mass is 9.79. The van der Waals surface area contributed by atoms with Gasteiger partial charge >= 0.3 is 5.97 Å². The Kier molecular flexibility index (Phi) is 8.82. The van der Waals surface area contributed by atoms with Crippen molar-refractivity contribution in [3.8, 4) is 17.0 Å². The van der Waals surface area contributed by atoms with Crippen LogP contribution in [0.4, 0.5) is 5.69 Å². The topological polar surface area (TPSA) is 94.8 Å². The molecule has 3 aliphatic carbocycles. The normalized spacial score (nSPS) is 23.9. The van der Waals surface area contributed by atoms with Gasteiger partial charge in [-0.1, -0.05) is 12.1 Å². The quantitative estimate of drug-likeness (QED) is 0.245. The molecule has 8 heteroatoms. The molecule has 228 valence electrons. The molecule has 0 N–H and O–H groups in total. The zero-order chi connectivity index (χ0) is 29.9. The van der Waals surface area contributed by atoms with E-state index in [9.17, 15) is 9.59 Å². The van der Waals surface area contributed by atoms with Crippen LogP contribution in [0.1, 0.15) is 93.3 Å². The number of aromatic nitrogens is 2. The molecule has 0 bridgehead atoms. The zero-order valence-corrected chi connectivity index (χ0v) is 25.6. The van der Waals surface area contributed by atoms with Crippen molar-refractivity contribution in [2.24, 2.45) is 17.8 Å². The second kappa shape index (κ2) is 12.9. The summed E-state index contributed by atoms with van der Waals surface area (Å²) in [4.78, 5) is 37.9. The number of ether oxygens (including phenoxy) is 2. The molecule has 2 aromatic heterocycles. The van der Waals surface area contributed by atoms with Crippen LogP contribution in [0.15, 0.2) is 47.1 Å². The Morgan fingerprint density at radius 1 is 0.884 bits per heavy atom. The number of hydrogen-bond acceptors (Lipinski definition) is 7. The van der Waals surface area contributed by atoms with Gasteiger partial charge in [0.25, 0.3) is 0 Å². The van der Waals surface area contributed by atoms with Gasteiger partial charge in [-0.2, -0.15) is 0 Å². The van der Waals surface area contributed by atoms with E-state index in [1.807, 2.05) is 36.1 Å². The first kappa shape index (κ1) is 29.4. The van der Waals surface area contributed by atoms with Crippen LogP contribution in [-0.2, 0) is 14.3 Å². The number of carbonyl (C=O) groups excluding carboxylic acids is 2. The molecule has 0 spiro atoms. The van der Waals surface area contributed by atoms with Gasteiger partial charge in [-0.25, -0.2) is 4.98 Å². The summed E-state index contributed by atoms with van der Waals surface area (Å²) in [6, 6.07) is 12.3. The van der Waals surface area contributed by atoms with Crippen LogP contribution >= 0.6 is 0 Å². The van der Waals surface area contributed by atoms with Crippen LogP contribution in [-0.4, -0.2) is 42.6 Å². The van der Waals surface area contributed by atoms with Crippen molar-refractivity contribution in [2.75, 3.05) is 25.7 Å². The van der Waals surface area contributed by atoms with E-state index in [1.54, 1.807) is 13.4 Å². The smallest absolute Gasteiger partial charge is 0.308 e. The zero-order valence-electron chi connectivity index (χ0n) is 25.6. The maximum atomic E-state index is 14.2. The first-order valence-electron chi connectivity index (χ1n) is 15.9. The molecule has 1 aromatic carbocycles. The molecule has 0 radical (unpaired) electrons. The largest absolute Gasteiger partial charge is 0.495 e. The number of methoxy groups -OCH3 is 2. The van der Waals surface area contributed by atoms with Gasteiger partial charge in [0.2, 0.25) is 5.91 Å². The molecule has 3 aliphatic rings. The summed E-state index contributed by atoms with van der Waals surface area (Å²) in [5, 5.41) is 0. The average Bonchev–Trinajstić information content (AvgIpc) is 3.79. The van der Waals surface area contributed by atoms with Crippen molar-refractivity contribution in [3.63, 3.8) is 0 Å². The first-order chi connectivity index (χ1) is 20.9. The lowest BCUT2D eigenvalue weighted by Crippen LogP contribution is -2.42. The fourth-order valence-corrected chi connectivity index (χ4v) is 6.97. The third kappa shape index (κ3) is 6.63. The summed E-state index contributed by atoms with van der Waals surface area (Å²) in [6.45, 7) is 2.68. The molecule has 0 unspecified atom stereocenters. The number of anilines is 1. The lowest BCUT2D eigenvalue weighted by Gasteiger charge is -2.36. The molecule has 0 saturated heterocycles. The Morgan fingerprint density at radius 2 is 1.60 bits per heavy atom.